The molecule has 1 aliphatic rings. The molecular formula is C14H18N2O. The number of aromatic nitrogens is 1. The summed E-state index contributed by atoms with van der Waals surface area (Å²) in [7, 11) is 1.71. The molecule has 3 heteroatoms. The first-order valence-electron chi connectivity index (χ1n) is 6.07. The first-order chi connectivity index (χ1) is 8.22. The lowest BCUT2D eigenvalue weighted by molar-refractivity contribution is 0.419. The monoisotopic (exact) mass is 230 g/mol. The molecule has 90 valence electrons. The third-order valence-electron chi connectivity index (χ3n) is 4.04. The fourth-order valence-electron chi connectivity index (χ4n) is 2.72. The maximum atomic E-state index is 5.93. The van der Waals surface area contributed by atoms with Crippen LogP contribution in [0.5, 0.6) is 5.75 Å². The van der Waals surface area contributed by atoms with Crippen molar-refractivity contribution < 1.29 is 4.74 Å². The van der Waals surface area contributed by atoms with Crippen molar-refractivity contribution in [3.63, 3.8) is 0 Å². The Morgan fingerprint density at radius 2 is 2.18 bits per heavy atom. The number of nitrogens with one attached hydrogen (secondary N) is 1. The van der Waals surface area contributed by atoms with Gasteiger partial charge in [-0.05, 0) is 37.0 Å². The Morgan fingerprint density at radius 3 is 2.76 bits per heavy atom. The van der Waals surface area contributed by atoms with Gasteiger partial charge in [0.1, 0.15) is 5.75 Å². The zero-order valence-corrected chi connectivity index (χ0v) is 10.3. The number of aromatic amines is 1. The number of benzene rings is 1. The predicted octanol–water partition coefficient (Wildman–Crippen LogP) is 2.48. The van der Waals surface area contributed by atoms with E-state index >= 15 is 0 Å². The number of ether oxygens (including phenoxy) is 1. The second-order valence-corrected chi connectivity index (χ2v) is 5.02. The highest BCUT2D eigenvalue weighted by Crippen LogP contribution is 2.50. The average Bonchev–Trinajstić information content (AvgIpc) is 3.02. The quantitative estimate of drug-likeness (QED) is 0.851. The summed E-state index contributed by atoms with van der Waals surface area (Å²) in [6, 6.07) is 4.13. The number of rotatable bonds is 3. The van der Waals surface area contributed by atoms with Crippen LogP contribution < -0.4 is 10.5 Å². The molecule has 17 heavy (non-hydrogen) atoms. The Labute approximate surface area is 101 Å². The normalized spacial score (nSPS) is 17.4. The summed E-state index contributed by atoms with van der Waals surface area (Å²) < 4.78 is 5.40. The molecule has 0 bridgehead atoms. The molecule has 2 aromatic rings. The van der Waals surface area contributed by atoms with Gasteiger partial charge < -0.3 is 15.5 Å². The van der Waals surface area contributed by atoms with Gasteiger partial charge in [0.15, 0.2) is 0 Å². The number of aryl methyl sites for hydroxylation is 1. The van der Waals surface area contributed by atoms with Crippen molar-refractivity contribution >= 4 is 10.9 Å². The number of hydrogen-bond donors (Lipinski definition) is 2. The summed E-state index contributed by atoms with van der Waals surface area (Å²) >= 11 is 0. The van der Waals surface area contributed by atoms with Crippen molar-refractivity contribution in [3.8, 4) is 5.75 Å². The van der Waals surface area contributed by atoms with E-state index in [4.69, 9.17) is 10.5 Å². The SMILES string of the molecule is COc1ccc(C)c2c(C3(CN)CC3)c[nH]c12. The standard InChI is InChI=1S/C14H18N2O/c1-9-3-4-11(17-2)13-12(9)10(7-16-13)14(8-15)5-6-14/h3-4,7,16H,5-6,8,15H2,1-2H3. The molecule has 0 saturated heterocycles. The number of methoxy groups -OCH3 is 1. The lowest BCUT2D eigenvalue weighted by Gasteiger charge is -2.12. The lowest BCUT2D eigenvalue weighted by atomic mass is 9.93. The third-order valence-corrected chi connectivity index (χ3v) is 4.04. The Hall–Kier alpha value is -1.48. The molecule has 0 aliphatic heterocycles. The maximum absolute atomic E-state index is 5.93. The molecular weight excluding hydrogens is 212 g/mol. The van der Waals surface area contributed by atoms with Gasteiger partial charge >= 0.3 is 0 Å². The van der Waals surface area contributed by atoms with Crippen LogP contribution in [0.3, 0.4) is 0 Å². The highest BCUT2D eigenvalue weighted by atomic mass is 16.5. The van der Waals surface area contributed by atoms with Gasteiger partial charge in [-0.2, -0.15) is 0 Å². The second-order valence-electron chi connectivity index (χ2n) is 5.02. The van der Waals surface area contributed by atoms with Crippen LogP contribution in [-0.4, -0.2) is 18.6 Å². The molecule has 0 unspecified atom stereocenters. The number of H-pyrrole nitrogens is 1. The summed E-state index contributed by atoms with van der Waals surface area (Å²) in [5, 5.41) is 1.30. The first-order valence-corrected chi connectivity index (χ1v) is 6.07. The summed E-state index contributed by atoms with van der Waals surface area (Å²) in [4.78, 5) is 3.35. The van der Waals surface area contributed by atoms with Gasteiger partial charge in [0, 0.05) is 23.5 Å². The molecule has 1 heterocycles. The van der Waals surface area contributed by atoms with Crippen LogP contribution in [0.25, 0.3) is 10.9 Å². The minimum atomic E-state index is 0.218. The van der Waals surface area contributed by atoms with Crippen molar-refractivity contribution in [2.45, 2.75) is 25.2 Å². The van der Waals surface area contributed by atoms with E-state index in [-0.39, 0.29) is 5.41 Å². The molecule has 3 nitrogen and oxygen atoms in total. The average molecular weight is 230 g/mol. The van der Waals surface area contributed by atoms with Crippen LogP contribution in [0.2, 0.25) is 0 Å². The lowest BCUT2D eigenvalue weighted by Crippen LogP contribution is -2.19. The minimum Gasteiger partial charge on any atom is -0.495 e. The zero-order valence-electron chi connectivity index (χ0n) is 10.3. The molecule has 1 fully saturated rings. The van der Waals surface area contributed by atoms with Crippen molar-refractivity contribution in [2.75, 3.05) is 13.7 Å². The topological polar surface area (TPSA) is 51.0 Å². The van der Waals surface area contributed by atoms with E-state index in [2.05, 4.69) is 24.2 Å². The number of fused-ring (bicyclic) bond motifs is 1. The van der Waals surface area contributed by atoms with E-state index in [1.165, 1.54) is 29.4 Å². The Balaban J connectivity index is 2.28. The first kappa shape index (κ1) is 10.7. The fraction of sp³-hybridized carbons (Fsp3) is 0.429. The Bertz CT molecular complexity index is 567. The molecule has 0 spiro atoms. The molecule has 3 N–H and O–H groups in total. The van der Waals surface area contributed by atoms with Gasteiger partial charge in [-0.3, -0.25) is 0 Å². The molecule has 1 saturated carbocycles. The Morgan fingerprint density at radius 1 is 1.41 bits per heavy atom. The molecule has 3 rings (SSSR count). The van der Waals surface area contributed by atoms with Gasteiger partial charge in [-0.15, -0.1) is 0 Å². The summed E-state index contributed by atoms with van der Waals surface area (Å²) in [6.45, 7) is 2.88. The van der Waals surface area contributed by atoms with Gasteiger partial charge in [0.2, 0.25) is 0 Å². The second kappa shape index (κ2) is 3.50. The fourth-order valence-corrected chi connectivity index (χ4v) is 2.72. The molecule has 1 aliphatic carbocycles. The third kappa shape index (κ3) is 1.39. The summed E-state index contributed by atoms with van der Waals surface area (Å²) in [5.74, 6) is 0.907. The van der Waals surface area contributed by atoms with Crippen molar-refractivity contribution in [1.82, 2.24) is 4.98 Å². The van der Waals surface area contributed by atoms with Gasteiger partial charge in [-0.25, -0.2) is 0 Å². The zero-order chi connectivity index (χ0) is 12.0. The highest BCUT2D eigenvalue weighted by molar-refractivity contribution is 5.92. The van der Waals surface area contributed by atoms with E-state index in [0.29, 0.717) is 0 Å². The Kier molecular flexibility index (Phi) is 2.20. The van der Waals surface area contributed by atoms with Crippen molar-refractivity contribution in [2.24, 2.45) is 5.73 Å². The maximum Gasteiger partial charge on any atom is 0.142 e. The smallest absolute Gasteiger partial charge is 0.142 e. The minimum absolute atomic E-state index is 0.218. The van der Waals surface area contributed by atoms with Crippen LogP contribution in [0, 0.1) is 6.92 Å². The largest absolute Gasteiger partial charge is 0.495 e. The summed E-state index contributed by atoms with van der Waals surface area (Å²) in [5.41, 5.74) is 9.90. The van der Waals surface area contributed by atoms with Crippen LogP contribution in [0.15, 0.2) is 18.3 Å². The van der Waals surface area contributed by atoms with Gasteiger partial charge in [0.25, 0.3) is 0 Å². The van der Waals surface area contributed by atoms with Gasteiger partial charge in [0.05, 0.1) is 12.6 Å². The van der Waals surface area contributed by atoms with E-state index in [1.54, 1.807) is 7.11 Å². The van der Waals surface area contributed by atoms with E-state index in [9.17, 15) is 0 Å². The molecule has 0 atom stereocenters. The van der Waals surface area contributed by atoms with Crippen molar-refractivity contribution in [1.29, 1.82) is 0 Å². The summed E-state index contributed by atoms with van der Waals surface area (Å²) in [6.07, 6.45) is 4.51. The van der Waals surface area contributed by atoms with E-state index < -0.39 is 0 Å². The van der Waals surface area contributed by atoms with Crippen LogP contribution in [0.4, 0.5) is 0 Å². The van der Waals surface area contributed by atoms with Crippen LogP contribution in [-0.2, 0) is 5.41 Å². The molecule has 1 aromatic carbocycles. The highest BCUT2D eigenvalue weighted by Gasteiger charge is 2.44. The van der Waals surface area contributed by atoms with E-state index in [0.717, 1.165) is 17.8 Å². The van der Waals surface area contributed by atoms with Crippen LogP contribution in [0.1, 0.15) is 24.0 Å². The predicted molar refractivity (Wildman–Crippen MR) is 69.6 cm³/mol. The van der Waals surface area contributed by atoms with Crippen LogP contribution >= 0.6 is 0 Å². The van der Waals surface area contributed by atoms with Gasteiger partial charge in [-0.1, -0.05) is 6.07 Å². The number of hydrogen-bond acceptors (Lipinski definition) is 2. The molecule has 0 radical (unpaired) electrons. The molecule has 0 amide bonds. The van der Waals surface area contributed by atoms with E-state index in [1.807, 2.05) is 6.07 Å². The molecule has 1 aromatic heterocycles. The van der Waals surface area contributed by atoms with Crippen molar-refractivity contribution in [3.05, 3.63) is 29.5 Å². The number of nitrogens with two attached hydrogens (primary N) is 1.